The number of halogens is 4. The smallest absolute Gasteiger partial charge is 0.152 e. The van der Waals surface area contributed by atoms with Gasteiger partial charge in [0.25, 0.3) is 0 Å². The van der Waals surface area contributed by atoms with Crippen LogP contribution in [0.4, 0.5) is 0 Å². The van der Waals surface area contributed by atoms with Crippen LogP contribution in [-0.2, 0) is 0 Å². The standard InChI is InChI=1S/Cl4H4Si4/c1-7(2)5-6-8(7,3)4/h5-6H2. The van der Waals surface area contributed by atoms with Crippen molar-refractivity contribution in [2.75, 3.05) is 0 Å². The summed E-state index contributed by atoms with van der Waals surface area (Å²) < 4.78 is 0. The van der Waals surface area contributed by atoms with Crippen LogP contribution in [0.1, 0.15) is 0 Å². The van der Waals surface area contributed by atoms with Gasteiger partial charge in [0, 0.05) is 17.1 Å². The molecule has 0 amide bonds. The molecule has 0 atom stereocenters. The van der Waals surface area contributed by atoms with E-state index in [0.29, 0.717) is 0 Å². The van der Waals surface area contributed by atoms with E-state index in [2.05, 4.69) is 0 Å². The highest BCUT2D eigenvalue weighted by atomic mass is 35.8. The number of rotatable bonds is 0. The largest absolute Gasteiger partial charge is 0.248 e. The second kappa shape index (κ2) is 2.26. The van der Waals surface area contributed by atoms with E-state index in [1.54, 1.807) is 0 Å². The quantitative estimate of drug-likeness (QED) is 0.429. The summed E-state index contributed by atoms with van der Waals surface area (Å²) in [5.74, 6) is 0. The van der Waals surface area contributed by atoms with Gasteiger partial charge in [-0.15, -0.1) is 0 Å². The Kier molecular flexibility index (Phi) is 2.30. The summed E-state index contributed by atoms with van der Waals surface area (Å²) in [7, 11) is -0.130. The van der Waals surface area contributed by atoms with Crippen molar-refractivity contribution in [1.29, 1.82) is 0 Å². The lowest BCUT2D eigenvalue weighted by molar-refractivity contribution is 3.29. The van der Waals surface area contributed by atoms with Crippen LogP contribution in [0, 0.1) is 0 Å². The Morgan fingerprint density at radius 1 is 0.750 bits per heavy atom. The second-order valence-corrected chi connectivity index (χ2v) is 51.5. The third kappa shape index (κ3) is 1.22. The molecule has 1 aliphatic rings. The van der Waals surface area contributed by atoms with E-state index >= 15 is 0 Å². The molecule has 8 heavy (non-hydrogen) atoms. The van der Waals surface area contributed by atoms with Crippen molar-refractivity contribution >= 4 is 72.9 Å². The minimum absolute atomic E-state index is 0.0648. The van der Waals surface area contributed by atoms with Crippen molar-refractivity contribution < 1.29 is 0 Å². The van der Waals surface area contributed by atoms with Gasteiger partial charge < -0.3 is 0 Å². The van der Waals surface area contributed by atoms with E-state index in [1.165, 1.54) is 0 Å². The molecule has 0 nitrogen and oxygen atoms in total. The summed E-state index contributed by atoms with van der Waals surface area (Å²) in [6.45, 7) is 0. The minimum Gasteiger partial charge on any atom is -0.152 e. The molecule has 1 fully saturated rings. The molecule has 0 aliphatic carbocycles. The molecule has 0 aromatic rings. The van der Waals surface area contributed by atoms with Gasteiger partial charge in [-0.2, -0.15) is 44.3 Å². The lowest BCUT2D eigenvalue weighted by atomic mass is 26.0. The summed E-state index contributed by atoms with van der Waals surface area (Å²) in [4.78, 5) is 0. The van der Waals surface area contributed by atoms with E-state index in [-0.39, 0.29) is 17.1 Å². The molecule has 1 saturated heterocycles. The lowest BCUT2D eigenvalue weighted by Crippen LogP contribution is -2.72. The van der Waals surface area contributed by atoms with Crippen molar-refractivity contribution in [3.05, 3.63) is 0 Å². The van der Waals surface area contributed by atoms with Crippen LogP contribution in [0.15, 0.2) is 0 Å². The molecule has 0 unspecified atom stereocenters. The zero-order valence-electron chi connectivity index (χ0n) is 3.93. The molecular formula is H4Cl4Si4. The van der Waals surface area contributed by atoms with Gasteiger partial charge in [0.15, 0.2) is 0 Å². The predicted octanol–water partition coefficient (Wildman–Crippen LogP) is 0.164. The van der Waals surface area contributed by atoms with E-state index in [1.807, 2.05) is 0 Å². The monoisotopic (exact) mass is 256 g/mol. The Morgan fingerprint density at radius 2 is 1.00 bits per heavy atom. The fraction of sp³-hybridized carbons (Fsp3) is 0. The Balaban J connectivity index is 2.63. The molecule has 0 aromatic carbocycles. The molecule has 1 heterocycles. The summed E-state index contributed by atoms with van der Waals surface area (Å²) in [5.41, 5.74) is -3.73. The molecule has 48 valence electrons. The Morgan fingerprint density at radius 3 is 1.00 bits per heavy atom. The number of hydrogen-bond donors (Lipinski definition) is 0. The number of hydrogen-bond acceptors (Lipinski definition) is 0. The molecule has 1 aliphatic heterocycles. The van der Waals surface area contributed by atoms with Crippen LogP contribution < -0.4 is 0 Å². The maximum atomic E-state index is 5.89. The van der Waals surface area contributed by atoms with Crippen LogP contribution >= 0.6 is 44.3 Å². The molecule has 8 heteroatoms. The minimum atomic E-state index is -1.86. The highest BCUT2D eigenvalue weighted by molar-refractivity contribution is 8.26. The van der Waals surface area contributed by atoms with Crippen LogP contribution in [0.5, 0.6) is 0 Å². The van der Waals surface area contributed by atoms with Crippen LogP contribution in [0.2, 0.25) is 0 Å². The lowest BCUT2D eigenvalue weighted by Gasteiger charge is -2.36. The van der Waals surface area contributed by atoms with Gasteiger partial charge in [0.1, 0.15) is 0 Å². The molecule has 0 saturated carbocycles. The first-order chi connectivity index (χ1) is 3.46. The molecule has 0 spiro atoms. The van der Waals surface area contributed by atoms with Crippen LogP contribution in [0.3, 0.4) is 0 Å². The van der Waals surface area contributed by atoms with Gasteiger partial charge in [0.2, 0.25) is 11.5 Å². The van der Waals surface area contributed by atoms with E-state index in [4.69, 9.17) is 44.3 Å². The molecule has 0 radical (unpaired) electrons. The van der Waals surface area contributed by atoms with E-state index in [9.17, 15) is 0 Å². The SMILES string of the molecule is Cl[Si]1(Cl)[SiH2][SiH2][Si]1(Cl)Cl. The topological polar surface area (TPSA) is 0 Å². The van der Waals surface area contributed by atoms with E-state index < -0.39 is 11.5 Å². The van der Waals surface area contributed by atoms with Crippen LogP contribution in [0.25, 0.3) is 0 Å². The normalized spacial score (nSPS) is 37.5. The zero-order valence-corrected chi connectivity index (χ0v) is 11.8. The van der Waals surface area contributed by atoms with Gasteiger partial charge >= 0.3 is 0 Å². The van der Waals surface area contributed by atoms with Gasteiger partial charge in [-0.05, 0) is 0 Å². The molecule has 0 bridgehead atoms. The third-order valence-corrected chi connectivity index (χ3v) is 104. The molecular weight excluding hydrogens is 254 g/mol. The van der Waals surface area contributed by atoms with Crippen molar-refractivity contribution in [2.24, 2.45) is 0 Å². The summed E-state index contributed by atoms with van der Waals surface area (Å²) in [5, 5.41) is 0. The highest BCUT2D eigenvalue weighted by Crippen LogP contribution is 2.38. The fourth-order valence-electron chi connectivity index (χ4n) is 0.503. The van der Waals surface area contributed by atoms with Gasteiger partial charge in [0.05, 0.1) is 0 Å². The van der Waals surface area contributed by atoms with Gasteiger partial charge in [-0.1, -0.05) is 0 Å². The van der Waals surface area contributed by atoms with Crippen molar-refractivity contribution in [2.45, 2.75) is 0 Å². The predicted molar refractivity (Wildman–Crippen MR) is 52.0 cm³/mol. The van der Waals surface area contributed by atoms with Gasteiger partial charge in [-0.3, -0.25) is 0 Å². The Hall–Kier alpha value is 2.03. The maximum absolute atomic E-state index is 5.89. The van der Waals surface area contributed by atoms with Crippen LogP contribution in [-0.4, -0.2) is 28.6 Å². The van der Waals surface area contributed by atoms with Crippen molar-refractivity contribution in [3.63, 3.8) is 0 Å². The first-order valence-electron chi connectivity index (χ1n) is 2.21. The summed E-state index contributed by atoms with van der Waals surface area (Å²) >= 11 is 23.6. The highest BCUT2D eigenvalue weighted by Gasteiger charge is 2.61. The molecule has 0 N–H and O–H groups in total. The first-order valence-corrected chi connectivity index (χ1v) is 19.9. The molecule has 0 aromatic heterocycles. The first kappa shape index (κ1) is 8.13. The Labute approximate surface area is 72.5 Å². The maximum Gasteiger partial charge on any atom is 0.248 e. The fourth-order valence-corrected chi connectivity index (χ4v) is 102. The average molecular weight is 258 g/mol. The Bertz CT molecular complexity index is 92.6. The molecule has 1 rings (SSSR count). The van der Waals surface area contributed by atoms with E-state index in [0.717, 1.165) is 0 Å². The summed E-state index contributed by atoms with van der Waals surface area (Å²) in [6, 6.07) is 0. The third-order valence-electron chi connectivity index (χ3n) is 1.29. The van der Waals surface area contributed by atoms with Crippen molar-refractivity contribution in [3.8, 4) is 0 Å². The summed E-state index contributed by atoms with van der Waals surface area (Å²) in [6.07, 6.45) is 0. The van der Waals surface area contributed by atoms with Gasteiger partial charge in [-0.25, -0.2) is 0 Å². The zero-order chi connectivity index (χ0) is 6.41. The second-order valence-electron chi connectivity index (χ2n) is 1.91. The average Bonchev–Trinajstić information content (AvgIpc) is 1.64. The van der Waals surface area contributed by atoms with Crippen molar-refractivity contribution in [1.82, 2.24) is 0 Å².